The van der Waals surface area contributed by atoms with Gasteiger partial charge in [0.1, 0.15) is 22.7 Å². The molecule has 0 amide bonds. The number of benzene rings is 3. The Kier molecular flexibility index (Phi) is 8.92. The summed E-state index contributed by atoms with van der Waals surface area (Å²) in [6.07, 6.45) is 0. The van der Waals surface area contributed by atoms with Crippen LogP contribution in [0.3, 0.4) is 0 Å². The number of ether oxygens (including phenoxy) is 4. The summed E-state index contributed by atoms with van der Waals surface area (Å²) in [5.41, 5.74) is 2.45. The summed E-state index contributed by atoms with van der Waals surface area (Å²) in [5.74, 6) is 0.226. The van der Waals surface area contributed by atoms with E-state index in [0.717, 1.165) is 27.1 Å². The molecular weight excluding hydrogens is 488 g/mol. The van der Waals surface area contributed by atoms with Gasteiger partial charge in [0, 0.05) is 10.5 Å². The number of hydrogen-bond acceptors (Lipinski definition) is 7. The van der Waals surface area contributed by atoms with Crippen molar-refractivity contribution in [3.63, 3.8) is 0 Å². The maximum Gasteiger partial charge on any atom is 0.344 e. The first kappa shape index (κ1) is 28.1. The van der Waals surface area contributed by atoms with E-state index in [1.807, 2.05) is 96.1 Å². The SMILES string of the molecule is CC(C)(C)OC(=O)COc1cccc(-c2cccc(S)c2-c2cccc(OCC(=O)OC(C)(C)C)c2)c1. The van der Waals surface area contributed by atoms with Gasteiger partial charge in [-0.25, -0.2) is 9.59 Å². The molecule has 0 saturated heterocycles. The van der Waals surface area contributed by atoms with E-state index in [-0.39, 0.29) is 13.2 Å². The van der Waals surface area contributed by atoms with Crippen molar-refractivity contribution in [1.82, 2.24) is 0 Å². The van der Waals surface area contributed by atoms with Gasteiger partial charge in [0.05, 0.1) is 0 Å². The molecule has 0 fully saturated rings. The molecule has 3 rings (SSSR count). The van der Waals surface area contributed by atoms with Crippen LogP contribution in [0.1, 0.15) is 41.5 Å². The molecule has 0 aromatic heterocycles. The first-order valence-corrected chi connectivity index (χ1v) is 12.5. The fourth-order valence-electron chi connectivity index (χ4n) is 3.61. The monoisotopic (exact) mass is 522 g/mol. The number of thiol groups is 1. The lowest BCUT2D eigenvalue weighted by atomic mass is 9.94. The van der Waals surface area contributed by atoms with Crippen LogP contribution < -0.4 is 9.47 Å². The van der Waals surface area contributed by atoms with Gasteiger partial charge in [-0.05, 0) is 88.6 Å². The number of hydrogen-bond donors (Lipinski definition) is 1. The Balaban J connectivity index is 1.83. The van der Waals surface area contributed by atoms with E-state index in [1.54, 1.807) is 12.1 Å². The fraction of sp³-hybridized carbons (Fsp3) is 0.333. The van der Waals surface area contributed by atoms with Gasteiger partial charge < -0.3 is 18.9 Å². The standard InChI is InChI=1S/C30H34O6S/c1-29(2,3)35-26(31)18-33-22-12-7-10-20(16-22)24-14-9-15-25(37)28(24)21-11-8-13-23(17-21)34-19-27(32)36-30(4,5)6/h7-17,37H,18-19H2,1-6H3. The molecule has 0 bridgehead atoms. The van der Waals surface area contributed by atoms with Crippen molar-refractivity contribution >= 4 is 24.6 Å². The quantitative estimate of drug-likeness (QED) is 0.261. The highest BCUT2D eigenvalue weighted by Gasteiger charge is 2.18. The Morgan fingerprint density at radius 3 is 1.65 bits per heavy atom. The topological polar surface area (TPSA) is 71.1 Å². The van der Waals surface area contributed by atoms with Crippen LogP contribution in [0.25, 0.3) is 22.3 Å². The van der Waals surface area contributed by atoms with Crippen LogP contribution in [0.5, 0.6) is 11.5 Å². The van der Waals surface area contributed by atoms with E-state index >= 15 is 0 Å². The lowest BCUT2D eigenvalue weighted by molar-refractivity contribution is -0.158. The van der Waals surface area contributed by atoms with Gasteiger partial charge >= 0.3 is 11.9 Å². The summed E-state index contributed by atoms with van der Waals surface area (Å²) >= 11 is 4.72. The highest BCUT2D eigenvalue weighted by molar-refractivity contribution is 7.80. The van der Waals surface area contributed by atoms with Crippen LogP contribution in [-0.2, 0) is 19.1 Å². The van der Waals surface area contributed by atoms with Gasteiger partial charge in [0.2, 0.25) is 0 Å². The van der Waals surface area contributed by atoms with Gasteiger partial charge in [-0.1, -0.05) is 36.4 Å². The molecule has 0 heterocycles. The molecule has 6 nitrogen and oxygen atoms in total. The third kappa shape index (κ3) is 8.86. The Labute approximate surface area is 224 Å². The number of rotatable bonds is 8. The molecule has 3 aromatic rings. The van der Waals surface area contributed by atoms with Crippen LogP contribution in [0.15, 0.2) is 71.6 Å². The molecule has 0 saturated carbocycles. The van der Waals surface area contributed by atoms with E-state index < -0.39 is 23.1 Å². The van der Waals surface area contributed by atoms with Crippen molar-refractivity contribution in [2.24, 2.45) is 0 Å². The van der Waals surface area contributed by atoms with E-state index in [9.17, 15) is 9.59 Å². The lowest BCUT2D eigenvalue weighted by Crippen LogP contribution is -2.27. The normalized spacial score (nSPS) is 11.5. The van der Waals surface area contributed by atoms with Crippen molar-refractivity contribution in [3.8, 4) is 33.8 Å². The van der Waals surface area contributed by atoms with Crippen LogP contribution >= 0.6 is 12.6 Å². The second kappa shape index (κ2) is 11.7. The molecule has 0 spiro atoms. The molecule has 0 unspecified atom stereocenters. The average molecular weight is 523 g/mol. The second-order valence-corrected chi connectivity index (χ2v) is 11.0. The molecule has 196 valence electrons. The molecular formula is C30H34O6S. The van der Waals surface area contributed by atoms with Gasteiger partial charge in [0.15, 0.2) is 13.2 Å². The first-order valence-electron chi connectivity index (χ1n) is 12.0. The van der Waals surface area contributed by atoms with E-state index in [1.165, 1.54) is 0 Å². The molecule has 0 atom stereocenters. The zero-order valence-corrected chi connectivity index (χ0v) is 23.1. The lowest BCUT2D eigenvalue weighted by Gasteiger charge is -2.20. The predicted molar refractivity (Wildman–Crippen MR) is 147 cm³/mol. The van der Waals surface area contributed by atoms with Gasteiger partial charge in [-0.3, -0.25) is 0 Å². The molecule has 0 aliphatic carbocycles. The summed E-state index contributed by atoms with van der Waals surface area (Å²) in [6, 6.07) is 20.8. The van der Waals surface area contributed by atoms with Gasteiger partial charge in [-0.2, -0.15) is 0 Å². The Bertz CT molecular complexity index is 1250. The van der Waals surface area contributed by atoms with Crippen LogP contribution in [-0.4, -0.2) is 36.4 Å². The highest BCUT2D eigenvalue weighted by Crippen LogP contribution is 2.38. The fourth-order valence-corrected chi connectivity index (χ4v) is 3.94. The zero-order valence-electron chi connectivity index (χ0n) is 22.2. The van der Waals surface area contributed by atoms with Gasteiger partial charge in [-0.15, -0.1) is 12.6 Å². The maximum atomic E-state index is 12.1. The van der Waals surface area contributed by atoms with E-state index in [4.69, 9.17) is 31.6 Å². The highest BCUT2D eigenvalue weighted by atomic mass is 32.1. The molecule has 0 radical (unpaired) electrons. The summed E-state index contributed by atoms with van der Waals surface area (Å²) in [6.45, 7) is 10.5. The summed E-state index contributed by atoms with van der Waals surface area (Å²) in [5, 5.41) is 0. The smallest absolute Gasteiger partial charge is 0.344 e. The molecule has 3 aromatic carbocycles. The minimum atomic E-state index is -0.576. The predicted octanol–water partition coefficient (Wildman–Crippen LogP) is 6.75. The summed E-state index contributed by atoms with van der Waals surface area (Å²) in [4.78, 5) is 24.9. The largest absolute Gasteiger partial charge is 0.482 e. The maximum absolute atomic E-state index is 12.1. The average Bonchev–Trinajstić information content (AvgIpc) is 2.79. The second-order valence-electron chi connectivity index (χ2n) is 10.5. The van der Waals surface area contributed by atoms with Crippen molar-refractivity contribution in [3.05, 3.63) is 66.7 Å². The molecule has 7 heteroatoms. The van der Waals surface area contributed by atoms with Crippen molar-refractivity contribution < 1.29 is 28.5 Å². The van der Waals surface area contributed by atoms with Crippen molar-refractivity contribution in [2.45, 2.75) is 57.6 Å². The number of carbonyl (C=O) groups is 2. The number of esters is 2. The van der Waals surface area contributed by atoms with E-state index in [0.29, 0.717) is 11.5 Å². The van der Waals surface area contributed by atoms with Crippen LogP contribution in [0, 0.1) is 0 Å². The van der Waals surface area contributed by atoms with Gasteiger partial charge in [0.25, 0.3) is 0 Å². The minimum Gasteiger partial charge on any atom is -0.482 e. The Morgan fingerprint density at radius 1 is 0.676 bits per heavy atom. The molecule has 0 N–H and O–H groups in total. The molecule has 37 heavy (non-hydrogen) atoms. The Hall–Kier alpha value is -3.45. The molecule has 0 aliphatic rings. The molecule has 0 aliphatic heterocycles. The van der Waals surface area contributed by atoms with Crippen LogP contribution in [0.4, 0.5) is 0 Å². The van der Waals surface area contributed by atoms with Crippen molar-refractivity contribution in [1.29, 1.82) is 0 Å². The third-order valence-electron chi connectivity index (χ3n) is 4.86. The zero-order chi connectivity index (χ0) is 27.2. The summed E-state index contributed by atoms with van der Waals surface area (Å²) < 4.78 is 22.1. The number of carbonyl (C=O) groups excluding carboxylic acids is 2. The third-order valence-corrected chi connectivity index (χ3v) is 5.24. The van der Waals surface area contributed by atoms with Crippen LogP contribution in [0.2, 0.25) is 0 Å². The summed E-state index contributed by atoms with van der Waals surface area (Å²) in [7, 11) is 0. The van der Waals surface area contributed by atoms with E-state index in [2.05, 4.69) is 0 Å². The Morgan fingerprint density at radius 2 is 1.14 bits per heavy atom. The minimum absolute atomic E-state index is 0.183. The first-order chi connectivity index (χ1) is 17.3. The van der Waals surface area contributed by atoms with Crippen molar-refractivity contribution in [2.75, 3.05) is 13.2 Å².